The number of carbonyl (C=O) groups excluding carboxylic acids is 2. The molecule has 0 spiro atoms. The molecule has 1 amide bonds. The molecule has 0 saturated heterocycles. The van der Waals surface area contributed by atoms with Crippen LogP contribution in [0.3, 0.4) is 0 Å². The van der Waals surface area contributed by atoms with Crippen LogP contribution >= 0.6 is 0 Å². The van der Waals surface area contributed by atoms with Crippen LogP contribution in [-0.4, -0.2) is 46.6 Å². The van der Waals surface area contributed by atoms with Crippen molar-refractivity contribution in [1.82, 2.24) is 4.72 Å². The van der Waals surface area contributed by atoms with E-state index in [0.717, 1.165) is 0 Å². The zero-order chi connectivity index (χ0) is 22.1. The number of benzene rings is 2. The van der Waals surface area contributed by atoms with Gasteiger partial charge in [-0.05, 0) is 43.3 Å². The maximum atomic E-state index is 12.4. The third-order valence-corrected chi connectivity index (χ3v) is 5.55. The van der Waals surface area contributed by atoms with E-state index < -0.39 is 34.5 Å². The topological polar surface area (TPSA) is 126 Å². The normalized spacial score (nSPS) is 11.8. The van der Waals surface area contributed by atoms with Crippen LogP contribution < -0.4 is 14.4 Å². The van der Waals surface area contributed by atoms with Crippen LogP contribution in [0.4, 0.5) is 5.69 Å². The van der Waals surface area contributed by atoms with Crippen LogP contribution in [0.25, 0.3) is 0 Å². The molecule has 0 aliphatic carbocycles. The minimum absolute atomic E-state index is 0.0525. The molecule has 10 heteroatoms. The van der Waals surface area contributed by atoms with Crippen molar-refractivity contribution in [3.05, 3.63) is 54.6 Å². The van der Waals surface area contributed by atoms with Crippen molar-refractivity contribution in [2.75, 3.05) is 25.2 Å². The van der Waals surface area contributed by atoms with Crippen molar-refractivity contribution in [2.45, 2.75) is 17.9 Å². The molecule has 9 nitrogen and oxygen atoms in total. The van der Waals surface area contributed by atoms with E-state index >= 15 is 0 Å². The molecule has 1 atom stereocenters. The highest BCUT2D eigenvalue weighted by Gasteiger charge is 2.25. The lowest BCUT2D eigenvalue weighted by molar-refractivity contribution is -0.149. The van der Waals surface area contributed by atoms with Gasteiger partial charge in [0.1, 0.15) is 18.3 Å². The van der Waals surface area contributed by atoms with Crippen molar-refractivity contribution < 1.29 is 27.5 Å². The number of hydrogen-bond acceptors (Lipinski definition) is 7. The van der Waals surface area contributed by atoms with Crippen LogP contribution in [0.2, 0.25) is 0 Å². The number of amides is 1. The summed E-state index contributed by atoms with van der Waals surface area (Å²) in [4.78, 5) is 25.7. The number of methoxy groups -OCH3 is 1. The third-order valence-electron chi connectivity index (χ3n) is 3.99. The molecule has 2 aromatic rings. The summed E-state index contributed by atoms with van der Waals surface area (Å²) in [7, 11) is -2.53. The number of esters is 1. The Morgan fingerprint density at radius 1 is 1.13 bits per heavy atom. The first-order valence-corrected chi connectivity index (χ1v) is 10.3. The van der Waals surface area contributed by atoms with E-state index in [2.05, 4.69) is 4.72 Å². The first kappa shape index (κ1) is 22.9. The number of anilines is 1. The van der Waals surface area contributed by atoms with Gasteiger partial charge in [0.2, 0.25) is 10.0 Å². The summed E-state index contributed by atoms with van der Waals surface area (Å²) in [5.41, 5.74) is 0.480. The van der Waals surface area contributed by atoms with E-state index in [0.29, 0.717) is 11.4 Å². The van der Waals surface area contributed by atoms with Gasteiger partial charge in [-0.3, -0.25) is 14.5 Å². The number of nitrogens with zero attached hydrogens (tertiary/aromatic N) is 2. The Labute approximate surface area is 174 Å². The number of nitrogens with one attached hydrogen (secondary N) is 1. The van der Waals surface area contributed by atoms with Crippen molar-refractivity contribution >= 4 is 27.6 Å². The van der Waals surface area contributed by atoms with Crippen molar-refractivity contribution in [3.8, 4) is 11.8 Å². The Balaban J connectivity index is 1.97. The van der Waals surface area contributed by atoms with E-state index in [-0.39, 0.29) is 11.4 Å². The molecule has 0 fully saturated rings. The highest BCUT2D eigenvalue weighted by molar-refractivity contribution is 7.89. The highest BCUT2D eigenvalue weighted by atomic mass is 32.2. The molecule has 0 aliphatic heterocycles. The number of ether oxygens (including phenoxy) is 2. The largest absolute Gasteiger partial charge is 0.497 e. The van der Waals surface area contributed by atoms with E-state index in [1.165, 1.54) is 43.2 Å². The Hall–Kier alpha value is -3.42. The minimum atomic E-state index is -3.98. The molecule has 0 heterocycles. The Bertz CT molecular complexity index is 1020. The molecular formula is C20H21N3O6S. The Morgan fingerprint density at radius 2 is 1.77 bits per heavy atom. The highest BCUT2D eigenvalue weighted by Crippen LogP contribution is 2.16. The SMILES string of the molecule is COc1ccc(S(=O)(=O)N[C@@H](C)C(=O)OCC(=O)N(CC#N)c2ccccc2)cc1. The van der Waals surface area contributed by atoms with Gasteiger partial charge in [-0.2, -0.15) is 9.98 Å². The van der Waals surface area contributed by atoms with Gasteiger partial charge in [0.05, 0.1) is 18.1 Å². The smallest absolute Gasteiger partial charge is 0.324 e. The van der Waals surface area contributed by atoms with Crippen LogP contribution in [0, 0.1) is 11.3 Å². The third kappa shape index (κ3) is 6.04. The van der Waals surface area contributed by atoms with Gasteiger partial charge in [0.15, 0.2) is 6.61 Å². The van der Waals surface area contributed by atoms with Gasteiger partial charge in [0.25, 0.3) is 5.91 Å². The maximum Gasteiger partial charge on any atom is 0.324 e. The molecule has 1 N–H and O–H groups in total. The second-order valence-electron chi connectivity index (χ2n) is 6.10. The molecule has 0 bridgehead atoms. The summed E-state index contributed by atoms with van der Waals surface area (Å²) < 4.78 is 36.9. The summed E-state index contributed by atoms with van der Waals surface area (Å²) in [6.45, 7) is 0.447. The molecule has 2 rings (SSSR count). The van der Waals surface area contributed by atoms with Gasteiger partial charge >= 0.3 is 5.97 Å². The summed E-state index contributed by atoms with van der Waals surface area (Å²) in [5.74, 6) is -1.05. The van der Waals surface area contributed by atoms with E-state index in [4.69, 9.17) is 14.7 Å². The van der Waals surface area contributed by atoms with Crippen molar-refractivity contribution in [1.29, 1.82) is 5.26 Å². The average Bonchev–Trinajstić information content (AvgIpc) is 2.75. The van der Waals surface area contributed by atoms with Gasteiger partial charge in [-0.25, -0.2) is 8.42 Å². The first-order chi connectivity index (χ1) is 14.3. The van der Waals surface area contributed by atoms with Crippen molar-refractivity contribution in [2.24, 2.45) is 0 Å². The minimum Gasteiger partial charge on any atom is -0.497 e. The van der Waals surface area contributed by atoms with Crippen LogP contribution in [0.15, 0.2) is 59.5 Å². The average molecular weight is 431 g/mol. The summed E-state index contributed by atoms with van der Waals surface area (Å²) >= 11 is 0. The Morgan fingerprint density at radius 3 is 2.33 bits per heavy atom. The molecule has 30 heavy (non-hydrogen) atoms. The standard InChI is InChI=1S/C20H21N3O6S/c1-15(22-30(26,27)18-10-8-17(28-2)9-11-18)20(25)29-14-19(24)23(13-12-21)16-6-4-3-5-7-16/h3-11,15,22H,13-14H2,1-2H3/t15-/m0/s1. The number of carbonyl (C=O) groups is 2. The van der Waals surface area contributed by atoms with Gasteiger partial charge in [0, 0.05) is 5.69 Å². The number of sulfonamides is 1. The van der Waals surface area contributed by atoms with Gasteiger partial charge < -0.3 is 9.47 Å². The lowest BCUT2D eigenvalue weighted by Crippen LogP contribution is -2.41. The maximum absolute atomic E-state index is 12.4. The number of para-hydroxylation sites is 1. The second-order valence-corrected chi connectivity index (χ2v) is 7.81. The van der Waals surface area contributed by atoms with Gasteiger partial charge in [-0.15, -0.1) is 0 Å². The molecular weight excluding hydrogens is 410 g/mol. The molecule has 158 valence electrons. The van der Waals surface area contributed by atoms with E-state index in [1.54, 1.807) is 30.3 Å². The van der Waals surface area contributed by atoms with E-state index in [1.807, 2.05) is 6.07 Å². The molecule has 0 saturated carbocycles. The predicted molar refractivity (Wildman–Crippen MR) is 108 cm³/mol. The number of nitriles is 1. The zero-order valence-electron chi connectivity index (χ0n) is 16.4. The Kier molecular flexibility index (Phi) is 7.91. The number of rotatable bonds is 9. The quantitative estimate of drug-likeness (QED) is 0.470. The molecule has 0 unspecified atom stereocenters. The molecule has 0 aromatic heterocycles. The lowest BCUT2D eigenvalue weighted by Gasteiger charge is -2.20. The first-order valence-electron chi connectivity index (χ1n) is 8.84. The summed E-state index contributed by atoms with van der Waals surface area (Å²) in [5, 5.41) is 8.95. The lowest BCUT2D eigenvalue weighted by atomic mass is 10.3. The summed E-state index contributed by atoms with van der Waals surface area (Å²) in [6, 6.07) is 14.7. The fraction of sp³-hybridized carbons (Fsp3) is 0.250. The second kappa shape index (κ2) is 10.4. The fourth-order valence-electron chi connectivity index (χ4n) is 2.44. The molecule has 2 aromatic carbocycles. The fourth-order valence-corrected chi connectivity index (χ4v) is 3.63. The van der Waals surface area contributed by atoms with Gasteiger partial charge in [-0.1, -0.05) is 18.2 Å². The predicted octanol–water partition coefficient (Wildman–Crippen LogP) is 1.46. The van der Waals surface area contributed by atoms with E-state index in [9.17, 15) is 18.0 Å². The summed E-state index contributed by atoms with van der Waals surface area (Å²) in [6.07, 6.45) is 0. The molecule has 0 radical (unpaired) electrons. The van der Waals surface area contributed by atoms with Crippen LogP contribution in [0.1, 0.15) is 6.92 Å². The van der Waals surface area contributed by atoms with Crippen LogP contribution in [0.5, 0.6) is 5.75 Å². The zero-order valence-corrected chi connectivity index (χ0v) is 17.3. The van der Waals surface area contributed by atoms with Crippen LogP contribution in [-0.2, 0) is 24.3 Å². The number of hydrogen-bond donors (Lipinski definition) is 1. The van der Waals surface area contributed by atoms with Crippen molar-refractivity contribution in [3.63, 3.8) is 0 Å². The molecule has 0 aliphatic rings. The monoisotopic (exact) mass is 431 g/mol.